The molecular formula is C28H36FN9O2. The Bertz CT molecular complexity index is 1440. The third kappa shape index (κ3) is 6.40. The van der Waals surface area contributed by atoms with Crippen molar-refractivity contribution in [3.8, 4) is 17.0 Å². The van der Waals surface area contributed by atoms with Crippen LogP contribution < -0.4 is 26.8 Å². The van der Waals surface area contributed by atoms with Crippen molar-refractivity contribution < 1.29 is 13.9 Å². The van der Waals surface area contributed by atoms with Crippen LogP contribution in [0.1, 0.15) is 41.6 Å². The Balaban J connectivity index is 1.42. The van der Waals surface area contributed by atoms with E-state index in [2.05, 4.69) is 25.6 Å². The van der Waals surface area contributed by atoms with E-state index in [1.54, 1.807) is 23.8 Å². The van der Waals surface area contributed by atoms with E-state index in [0.717, 1.165) is 29.5 Å². The molecule has 0 spiro atoms. The van der Waals surface area contributed by atoms with Crippen molar-refractivity contribution in [3.63, 3.8) is 0 Å². The molecule has 0 unspecified atom stereocenters. The number of nitrogens with zero attached hydrogens (tertiary/aromatic N) is 5. The summed E-state index contributed by atoms with van der Waals surface area (Å²) >= 11 is 0. The molecule has 3 heterocycles. The van der Waals surface area contributed by atoms with Gasteiger partial charge < -0.3 is 26.0 Å². The number of hydrogen-bond acceptors (Lipinski definition) is 9. The van der Waals surface area contributed by atoms with Crippen LogP contribution >= 0.6 is 0 Å². The normalized spacial score (nSPS) is 17.9. The van der Waals surface area contributed by atoms with E-state index in [9.17, 15) is 9.18 Å². The molecule has 0 radical (unpaired) electrons. The molecule has 212 valence electrons. The molecule has 2 aromatic heterocycles. The van der Waals surface area contributed by atoms with Crippen LogP contribution in [-0.2, 0) is 0 Å². The first kappa shape index (κ1) is 27.5. The second kappa shape index (κ2) is 11.6. The molecule has 0 atom stereocenters. The molecule has 0 bridgehead atoms. The van der Waals surface area contributed by atoms with Gasteiger partial charge in [0, 0.05) is 75.5 Å². The minimum atomic E-state index is -1.58. The van der Waals surface area contributed by atoms with Crippen molar-refractivity contribution in [2.45, 2.75) is 44.4 Å². The highest BCUT2D eigenvalue weighted by Gasteiger charge is 2.30. The van der Waals surface area contributed by atoms with Crippen LogP contribution in [0.15, 0.2) is 47.4 Å². The number of carbonyl (C=O) groups excluding carboxylic acids is 1. The zero-order valence-electron chi connectivity index (χ0n) is 22.9. The lowest BCUT2D eigenvalue weighted by molar-refractivity contribution is 0.0658. The summed E-state index contributed by atoms with van der Waals surface area (Å²) in [6, 6.07) is 7.75. The summed E-state index contributed by atoms with van der Waals surface area (Å²) in [5, 5.41) is 11.1. The van der Waals surface area contributed by atoms with Crippen molar-refractivity contribution in [2.75, 3.05) is 38.5 Å². The Morgan fingerprint density at radius 1 is 1.30 bits per heavy atom. The quantitative estimate of drug-likeness (QED) is 0.171. The molecule has 12 heteroatoms. The summed E-state index contributed by atoms with van der Waals surface area (Å²) < 4.78 is 21.6. The summed E-state index contributed by atoms with van der Waals surface area (Å²) in [6.07, 6.45) is 7.28. The molecule has 3 aromatic rings. The van der Waals surface area contributed by atoms with Crippen molar-refractivity contribution in [2.24, 2.45) is 16.5 Å². The van der Waals surface area contributed by atoms with E-state index in [1.807, 2.05) is 25.1 Å². The SMILES string of the molecule is CN=CC(=CN)Oc1cc(NCCN2CCC(N)(F)CC2)n2ncc(-c3ccc(C(=O)NC4CC4)c(C)c3)c2n1. The minimum Gasteiger partial charge on any atom is -0.436 e. The largest absolute Gasteiger partial charge is 0.436 e. The van der Waals surface area contributed by atoms with E-state index in [4.69, 9.17) is 21.2 Å². The fraction of sp³-hybridized carbons (Fsp3) is 0.429. The number of piperidine rings is 1. The Hall–Kier alpha value is -4.03. The van der Waals surface area contributed by atoms with E-state index in [0.29, 0.717) is 67.7 Å². The van der Waals surface area contributed by atoms with Crippen LogP contribution in [0.4, 0.5) is 10.2 Å². The average Bonchev–Trinajstić information content (AvgIpc) is 3.64. The molecule has 1 amide bonds. The van der Waals surface area contributed by atoms with Gasteiger partial charge in [-0.15, -0.1) is 0 Å². The number of ether oxygens (including phenoxy) is 1. The number of rotatable bonds is 10. The van der Waals surface area contributed by atoms with Gasteiger partial charge in [0.2, 0.25) is 5.88 Å². The molecule has 1 aliphatic carbocycles. The Morgan fingerprint density at radius 3 is 2.75 bits per heavy atom. The summed E-state index contributed by atoms with van der Waals surface area (Å²) in [4.78, 5) is 23.5. The van der Waals surface area contributed by atoms with Gasteiger partial charge >= 0.3 is 0 Å². The predicted molar refractivity (Wildman–Crippen MR) is 153 cm³/mol. The maximum atomic E-state index is 14.0. The van der Waals surface area contributed by atoms with E-state index < -0.39 is 5.79 Å². The van der Waals surface area contributed by atoms with Gasteiger partial charge in [-0.05, 0) is 37.0 Å². The lowest BCUT2D eigenvalue weighted by Crippen LogP contribution is -2.48. The van der Waals surface area contributed by atoms with Crippen LogP contribution in [0.3, 0.4) is 0 Å². The number of anilines is 1. The maximum absolute atomic E-state index is 14.0. The number of aliphatic imine (C=N–C) groups is 1. The number of aryl methyl sites for hydroxylation is 1. The van der Waals surface area contributed by atoms with Crippen molar-refractivity contribution in [3.05, 3.63) is 53.5 Å². The standard InChI is InChI=1S/C28H36FN9O2/c1-18-13-19(3-6-22(18)27(39)35-20-4-5-20)23-17-34-38-24(33-9-12-37-10-7-28(29,31)8-11-37)14-25(36-26(23)38)40-21(15-30)16-32-2/h3,6,13-17,20,33H,4-5,7-12,30-31H2,1-2H3,(H,35,39). The van der Waals surface area contributed by atoms with Gasteiger partial charge in [-0.3, -0.25) is 15.5 Å². The summed E-state index contributed by atoms with van der Waals surface area (Å²) in [5.74, 6) is -0.300. The summed E-state index contributed by atoms with van der Waals surface area (Å²) in [6.45, 7) is 4.44. The molecule has 1 aromatic carbocycles. The lowest BCUT2D eigenvalue weighted by atomic mass is 10.0. The van der Waals surface area contributed by atoms with E-state index in [-0.39, 0.29) is 11.9 Å². The molecule has 2 aliphatic rings. The first-order chi connectivity index (χ1) is 19.3. The van der Waals surface area contributed by atoms with Crippen LogP contribution in [0.2, 0.25) is 0 Å². The van der Waals surface area contributed by atoms with Gasteiger partial charge in [-0.25, -0.2) is 4.39 Å². The second-order valence-electron chi connectivity index (χ2n) is 10.4. The average molecular weight is 550 g/mol. The topological polar surface area (TPSA) is 148 Å². The summed E-state index contributed by atoms with van der Waals surface area (Å²) in [5.41, 5.74) is 15.1. The van der Waals surface area contributed by atoms with Gasteiger partial charge in [0.1, 0.15) is 5.82 Å². The number of fused-ring (bicyclic) bond motifs is 1. The van der Waals surface area contributed by atoms with Crippen molar-refractivity contribution >= 4 is 23.6 Å². The molecule has 1 saturated heterocycles. The fourth-order valence-corrected chi connectivity index (χ4v) is 4.74. The van der Waals surface area contributed by atoms with Gasteiger partial charge in [0.05, 0.1) is 12.4 Å². The number of aromatic nitrogens is 3. The third-order valence-electron chi connectivity index (χ3n) is 7.21. The summed E-state index contributed by atoms with van der Waals surface area (Å²) in [7, 11) is 1.63. The molecule has 6 N–H and O–H groups in total. The zero-order valence-corrected chi connectivity index (χ0v) is 22.9. The number of hydrogen-bond donors (Lipinski definition) is 4. The Kier molecular flexibility index (Phi) is 7.99. The van der Waals surface area contributed by atoms with Crippen molar-refractivity contribution in [1.29, 1.82) is 0 Å². The maximum Gasteiger partial charge on any atom is 0.251 e. The van der Waals surface area contributed by atoms with E-state index >= 15 is 0 Å². The van der Waals surface area contributed by atoms with Crippen LogP contribution in [0.5, 0.6) is 5.88 Å². The third-order valence-corrected chi connectivity index (χ3v) is 7.21. The highest BCUT2D eigenvalue weighted by atomic mass is 19.1. The van der Waals surface area contributed by atoms with Gasteiger partial charge in [0.15, 0.2) is 17.2 Å². The number of likely N-dealkylation sites (tertiary alicyclic amines) is 1. The number of amides is 1. The van der Waals surface area contributed by atoms with Crippen LogP contribution in [-0.4, -0.2) is 76.7 Å². The van der Waals surface area contributed by atoms with Crippen molar-refractivity contribution in [1.82, 2.24) is 24.8 Å². The van der Waals surface area contributed by atoms with Gasteiger partial charge in [0.25, 0.3) is 5.91 Å². The zero-order chi connectivity index (χ0) is 28.3. The number of halogens is 1. The first-order valence-electron chi connectivity index (χ1n) is 13.5. The number of alkyl halides is 1. The fourth-order valence-electron chi connectivity index (χ4n) is 4.74. The number of carbonyl (C=O) groups is 1. The predicted octanol–water partition coefficient (Wildman–Crippen LogP) is 2.61. The molecular weight excluding hydrogens is 513 g/mol. The number of nitrogens with one attached hydrogen (secondary N) is 2. The highest BCUT2D eigenvalue weighted by molar-refractivity contribution is 5.97. The van der Waals surface area contributed by atoms with Gasteiger partial charge in [-0.2, -0.15) is 14.6 Å². The van der Waals surface area contributed by atoms with E-state index in [1.165, 1.54) is 12.4 Å². The number of nitrogens with two attached hydrogens (primary N) is 2. The first-order valence-corrected chi connectivity index (χ1v) is 13.5. The number of benzene rings is 1. The highest BCUT2D eigenvalue weighted by Crippen LogP contribution is 2.30. The lowest BCUT2D eigenvalue weighted by Gasteiger charge is -2.33. The van der Waals surface area contributed by atoms with Gasteiger partial charge in [-0.1, -0.05) is 12.1 Å². The molecule has 1 saturated carbocycles. The molecule has 2 fully saturated rings. The molecule has 11 nitrogen and oxygen atoms in total. The molecule has 5 rings (SSSR count). The van der Waals surface area contributed by atoms with Crippen LogP contribution in [0.25, 0.3) is 16.8 Å². The Labute approximate surface area is 232 Å². The monoisotopic (exact) mass is 549 g/mol. The minimum absolute atomic E-state index is 0.0530. The van der Waals surface area contributed by atoms with Crippen LogP contribution in [0, 0.1) is 6.92 Å². The molecule has 1 aliphatic heterocycles. The smallest absolute Gasteiger partial charge is 0.251 e. The Morgan fingerprint density at radius 2 is 2.08 bits per heavy atom. The molecule has 40 heavy (non-hydrogen) atoms. The number of allylic oxidation sites excluding steroid dienone is 1. The second-order valence-corrected chi connectivity index (χ2v) is 10.4.